The van der Waals surface area contributed by atoms with E-state index in [0.29, 0.717) is 12.3 Å². The molecule has 0 heterocycles. The van der Waals surface area contributed by atoms with E-state index in [9.17, 15) is 19.2 Å². The summed E-state index contributed by atoms with van der Waals surface area (Å²) in [7, 11) is 0. The fraction of sp³-hybridized carbons (Fsp3) is 0.810. The van der Waals surface area contributed by atoms with Crippen LogP contribution in [0, 0.1) is 11.8 Å². The van der Waals surface area contributed by atoms with Gasteiger partial charge in [-0.15, -0.1) is 0 Å². The standard InChI is InChI=1S/C21H35NO7/c1-12(2)20(28-15(5)24)21(29-16(6)25)19(13(3)27-14(4)23)22-18(26)11-17-9-7-8-10-17/h12-13,17,19-21H,7-11H2,1-6H3,(H,22,26)/t13-,19?,20-,21?/m1/s1. The Labute approximate surface area is 173 Å². The summed E-state index contributed by atoms with van der Waals surface area (Å²) in [6.45, 7) is 9.02. The lowest BCUT2D eigenvalue weighted by Crippen LogP contribution is -2.58. The molecule has 2 unspecified atom stereocenters. The SMILES string of the molecule is CC(=O)OC(C(NC(=O)CC1CCCC1)[C@@H](C)OC(C)=O)[C@H](OC(C)=O)C(C)C. The highest BCUT2D eigenvalue weighted by atomic mass is 16.6. The number of ether oxygens (including phenoxy) is 3. The van der Waals surface area contributed by atoms with E-state index < -0.39 is 42.3 Å². The molecule has 1 rings (SSSR count). The van der Waals surface area contributed by atoms with Gasteiger partial charge >= 0.3 is 17.9 Å². The first-order valence-electron chi connectivity index (χ1n) is 10.3. The van der Waals surface area contributed by atoms with Crippen LogP contribution >= 0.6 is 0 Å². The zero-order valence-electron chi connectivity index (χ0n) is 18.4. The summed E-state index contributed by atoms with van der Waals surface area (Å²) < 4.78 is 16.2. The topological polar surface area (TPSA) is 108 Å². The Balaban J connectivity index is 3.14. The highest BCUT2D eigenvalue weighted by Crippen LogP contribution is 2.28. The van der Waals surface area contributed by atoms with Gasteiger partial charge in [-0.25, -0.2) is 0 Å². The van der Waals surface area contributed by atoms with Gasteiger partial charge in [-0.2, -0.15) is 0 Å². The van der Waals surface area contributed by atoms with Crippen LogP contribution in [0.4, 0.5) is 0 Å². The Kier molecular flexibility index (Phi) is 10.1. The number of hydrogen-bond donors (Lipinski definition) is 1. The lowest BCUT2D eigenvalue weighted by Gasteiger charge is -2.37. The molecule has 0 spiro atoms. The predicted octanol–water partition coefficient (Wildman–Crippen LogP) is 2.52. The average molecular weight is 414 g/mol. The van der Waals surface area contributed by atoms with E-state index in [1.807, 2.05) is 13.8 Å². The van der Waals surface area contributed by atoms with Gasteiger partial charge in [0.05, 0.1) is 0 Å². The molecule has 0 aromatic carbocycles. The van der Waals surface area contributed by atoms with Crippen molar-refractivity contribution in [1.29, 1.82) is 0 Å². The molecule has 0 saturated heterocycles. The minimum Gasteiger partial charge on any atom is -0.461 e. The summed E-state index contributed by atoms with van der Waals surface area (Å²) in [6.07, 6.45) is 1.99. The summed E-state index contributed by atoms with van der Waals surface area (Å²) >= 11 is 0. The van der Waals surface area contributed by atoms with E-state index in [4.69, 9.17) is 14.2 Å². The second-order valence-electron chi connectivity index (χ2n) is 8.15. The first kappa shape index (κ1) is 24.9. The van der Waals surface area contributed by atoms with E-state index in [1.54, 1.807) is 6.92 Å². The van der Waals surface area contributed by atoms with Gasteiger partial charge in [-0.1, -0.05) is 26.7 Å². The van der Waals surface area contributed by atoms with Gasteiger partial charge in [0, 0.05) is 27.2 Å². The van der Waals surface area contributed by atoms with Crippen LogP contribution in [0.1, 0.15) is 73.6 Å². The first-order valence-corrected chi connectivity index (χ1v) is 10.3. The molecular formula is C21H35NO7. The molecule has 8 heteroatoms. The Bertz CT molecular complexity index is 584. The third-order valence-corrected chi connectivity index (χ3v) is 5.07. The molecule has 1 aliphatic rings. The van der Waals surface area contributed by atoms with Gasteiger partial charge in [0.15, 0.2) is 6.10 Å². The lowest BCUT2D eigenvalue weighted by atomic mass is 9.92. The quantitative estimate of drug-likeness (QED) is 0.433. The molecule has 29 heavy (non-hydrogen) atoms. The molecule has 0 aromatic heterocycles. The number of carbonyl (C=O) groups excluding carboxylic acids is 4. The van der Waals surface area contributed by atoms with Crippen LogP contribution < -0.4 is 5.32 Å². The molecule has 8 nitrogen and oxygen atoms in total. The molecule has 1 N–H and O–H groups in total. The summed E-state index contributed by atoms with van der Waals surface area (Å²) in [4.78, 5) is 47.7. The highest BCUT2D eigenvalue weighted by Gasteiger charge is 2.41. The van der Waals surface area contributed by atoms with Crippen LogP contribution in [0.3, 0.4) is 0 Å². The van der Waals surface area contributed by atoms with E-state index in [2.05, 4.69) is 5.32 Å². The summed E-state index contributed by atoms with van der Waals surface area (Å²) in [5.74, 6) is -1.73. The van der Waals surface area contributed by atoms with Crippen LogP contribution in [0.25, 0.3) is 0 Å². The number of hydrogen-bond acceptors (Lipinski definition) is 7. The Morgan fingerprint density at radius 3 is 1.76 bits per heavy atom. The first-order chi connectivity index (χ1) is 13.5. The van der Waals surface area contributed by atoms with E-state index in [0.717, 1.165) is 25.7 Å². The predicted molar refractivity (Wildman–Crippen MR) is 106 cm³/mol. The van der Waals surface area contributed by atoms with Crippen LogP contribution in [0.15, 0.2) is 0 Å². The molecule has 0 bridgehead atoms. The van der Waals surface area contributed by atoms with Crippen molar-refractivity contribution in [3.63, 3.8) is 0 Å². The van der Waals surface area contributed by atoms with Gasteiger partial charge in [0.25, 0.3) is 0 Å². The van der Waals surface area contributed by atoms with Crippen molar-refractivity contribution in [3.8, 4) is 0 Å². The molecule has 1 fully saturated rings. The fourth-order valence-electron chi connectivity index (χ4n) is 3.83. The third-order valence-electron chi connectivity index (χ3n) is 5.07. The van der Waals surface area contributed by atoms with Gasteiger partial charge in [-0.3, -0.25) is 19.2 Å². The summed E-state index contributed by atoms with van der Waals surface area (Å²) in [6, 6.07) is -0.858. The van der Waals surface area contributed by atoms with E-state index in [-0.39, 0.29) is 11.8 Å². The van der Waals surface area contributed by atoms with Crippen LogP contribution in [-0.4, -0.2) is 48.2 Å². The van der Waals surface area contributed by atoms with Crippen molar-refractivity contribution >= 4 is 23.8 Å². The minimum absolute atomic E-state index is 0.205. The van der Waals surface area contributed by atoms with Crippen molar-refractivity contribution < 1.29 is 33.4 Å². The Hall–Kier alpha value is -2.12. The molecule has 0 radical (unpaired) electrons. The molecule has 0 aromatic rings. The molecule has 1 saturated carbocycles. The summed E-state index contributed by atoms with van der Waals surface area (Å²) in [5, 5.41) is 2.88. The second-order valence-corrected chi connectivity index (χ2v) is 8.15. The maximum Gasteiger partial charge on any atom is 0.303 e. The lowest BCUT2D eigenvalue weighted by molar-refractivity contribution is -0.177. The van der Waals surface area contributed by atoms with E-state index >= 15 is 0 Å². The molecule has 4 atom stereocenters. The Morgan fingerprint density at radius 1 is 0.828 bits per heavy atom. The smallest absolute Gasteiger partial charge is 0.303 e. The van der Waals surface area contributed by atoms with Gasteiger partial charge < -0.3 is 19.5 Å². The maximum atomic E-state index is 12.7. The van der Waals surface area contributed by atoms with Gasteiger partial charge in [0.2, 0.25) is 5.91 Å². The van der Waals surface area contributed by atoms with Crippen molar-refractivity contribution in [2.45, 2.75) is 98.0 Å². The summed E-state index contributed by atoms with van der Waals surface area (Å²) in [5.41, 5.74) is 0. The fourth-order valence-corrected chi connectivity index (χ4v) is 3.83. The molecule has 0 aliphatic heterocycles. The second kappa shape index (κ2) is 11.8. The van der Waals surface area contributed by atoms with E-state index in [1.165, 1.54) is 20.8 Å². The zero-order chi connectivity index (χ0) is 22.1. The monoisotopic (exact) mass is 413 g/mol. The van der Waals surface area contributed by atoms with Crippen molar-refractivity contribution in [2.24, 2.45) is 11.8 Å². The molecular weight excluding hydrogens is 378 g/mol. The number of carbonyl (C=O) groups is 4. The average Bonchev–Trinajstić information content (AvgIpc) is 3.07. The molecule has 1 amide bonds. The van der Waals surface area contributed by atoms with Crippen LogP contribution in [-0.2, 0) is 33.4 Å². The number of rotatable bonds is 10. The van der Waals surface area contributed by atoms with Gasteiger partial charge in [0.1, 0.15) is 18.2 Å². The van der Waals surface area contributed by atoms with Crippen molar-refractivity contribution in [1.82, 2.24) is 5.32 Å². The largest absolute Gasteiger partial charge is 0.461 e. The van der Waals surface area contributed by atoms with Gasteiger partial charge in [-0.05, 0) is 31.6 Å². The number of amides is 1. The van der Waals surface area contributed by atoms with Crippen molar-refractivity contribution in [2.75, 3.05) is 0 Å². The normalized spacial score (nSPS) is 18.4. The van der Waals surface area contributed by atoms with Crippen LogP contribution in [0.5, 0.6) is 0 Å². The minimum atomic E-state index is -1.00. The van der Waals surface area contributed by atoms with Crippen LogP contribution in [0.2, 0.25) is 0 Å². The number of nitrogens with one attached hydrogen (secondary N) is 1. The Morgan fingerprint density at radius 2 is 1.31 bits per heavy atom. The maximum absolute atomic E-state index is 12.7. The highest BCUT2D eigenvalue weighted by molar-refractivity contribution is 5.77. The zero-order valence-corrected chi connectivity index (χ0v) is 18.4. The van der Waals surface area contributed by atoms with Crippen molar-refractivity contribution in [3.05, 3.63) is 0 Å². The third kappa shape index (κ3) is 8.83. The molecule has 166 valence electrons. The number of esters is 3. The molecule has 1 aliphatic carbocycles.